The largest absolute Gasteiger partial charge is 0.458 e. The third-order valence-electron chi connectivity index (χ3n) is 6.52. The summed E-state index contributed by atoms with van der Waals surface area (Å²) in [6.45, 7) is 0.347. The van der Waals surface area contributed by atoms with Crippen LogP contribution in [0.1, 0.15) is 30.0 Å². The average Bonchev–Trinajstić information content (AvgIpc) is 3.22. The van der Waals surface area contributed by atoms with Crippen molar-refractivity contribution in [2.24, 2.45) is 0 Å². The predicted molar refractivity (Wildman–Crippen MR) is 126 cm³/mol. The molecular formula is C24H20N5O6P. The first-order valence-electron chi connectivity index (χ1n) is 11.1. The quantitative estimate of drug-likeness (QED) is 0.234. The van der Waals surface area contributed by atoms with Crippen molar-refractivity contribution in [1.29, 1.82) is 10.5 Å². The lowest BCUT2D eigenvalue weighted by Gasteiger charge is -2.38. The van der Waals surface area contributed by atoms with E-state index in [0.29, 0.717) is 16.1 Å². The summed E-state index contributed by atoms with van der Waals surface area (Å²) < 4.78 is 26.2. The molecule has 0 aliphatic carbocycles. The molecule has 11 nitrogen and oxygen atoms in total. The van der Waals surface area contributed by atoms with Crippen LogP contribution < -0.4 is 5.56 Å². The van der Waals surface area contributed by atoms with E-state index in [1.54, 1.807) is 25.1 Å². The van der Waals surface area contributed by atoms with Crippen LogP contribution in [0.15, 0.2) is 41.2 Å². The molecule has 0 saturated carbocycles. The second-order valence-electron chi connectivity index (χ2n) is 8.48. The summed E-state index contributed by atoms with van der Waals surface area (Å²) in [6.07, 6.45) is -0.142. The Hall–Kier alpha value is -3.86. The van der Waals surface area contributed by atoms with E-state index in [0.717, 1.165) is 16.5 Å². The molecule has 0 amide bonds. The van der Waals surface area contributed by atoms with Crippen LogP contribution in [0.2, 0.25) is 0 Å². The normalized spacial score (nSPS) is 19.5. The van der Waals surface area contributed by atoms with Crippen LogP contribution in [-0.2, 0) is 37.4 Å². The lowest BCUT2D eigenvalue weighted by atomic mass is 9.86. The van der Waals surface area contributed by atoms with Crippen LogP contribution in [0.4, 0.5) is 0 Å². The second-order valence-corrected chi connectivity index (χ2v) is 10.2. The topological polar surface area (TPSA) is 159 Å². The van der Waals surface area contributed by atoms with Crippen molar-refractivity contribution in [3.63, 3.8) is 0 Å². The van der Waals surface area contributed by atoms with Crippen molar-refractivity contribution >= 4 is 24.6 Å². The first-order chi connectivity index (χ1) is 17.3. The number of nitriles is 2. The van der Waals surface area contributed by atoms with Crippen LogP contribution in [-0.4, -0.2) is 38.2 Å². The van der Waals surface area contributed by atoms with Crippen molar-refractivity contribution in [1.82, 2.24) is 14.2 Å². The summed E-state index contributed by atoms with van der Waals surface area (Å²) in [5.41, 5.74) is 0.302. The molecule has 2 atom stereocenters. The molecule has 1 unspecified atom stereocenters. The van der Waals surface area contributed by atoms with E-state index < -0.39 is 38.0 Å². The summed E-state index contributed by atoms with van der Waals surface area (Å²) in [6, 6.07) is 14.5. The van der Waals surface area contributed by atoms with Gasteiger partial charge in [-0.15, -0.1) is 0 Å². The first-order valence-corrected chi connectivity index (χ1v) is 12.6. The van der Waals surface area contributed by atoms with Crippen molar-refractivity contribution < 1.29 is 23.5 Å². The van der Waals surface area contributed by atoms with Gasteiger partial charge in [0.1, 0.15) is 6.61 Å². The molecular weight excluding hydrogens is 485 g/mol. The number of carbonyl (C=O) groups is 1. The van der Waals surface area contributed by atoms with E-state index >= 15 is 0 Å². The molecule has 36 heavy (non-hydrogen) atoms. The zero-order chi connectivity index (χ0) is 25.7. The molecule has 1 aromatic carbocycles. The number of rotatable bonds is 6. The maximum atomic E-state index is 13.5. The van der Waals surface area contributed by atoms with E-state index in [9.17, 15) is 19.0 Å². The highest BCUT2D eigenvalue weighted by atomic mass is 31.2. The number of hydrogen-bond acceptors (Lipinski definition) is 8. The Bertz CT molecular complexity index is 1600. The van der Waals surface area contributed by atoms with Gasteiger partial charge < -0.3 is 14.2 Å². The van der Waals surface area contributed by atoms with Crippen LogP contribution >= 0.6 is 7.75 Å². The molecule has 2 aromatic heterocycles. The zero-order valence-electron chi connectivity index (χ0n) is 19.2. The highest BCUT2D eigenvalue weighted by Crippen LogP contribution is 2.55. The van der Waals surface area contributed by atoms with Gasteiger partial charge in [-0.05, 0) is 24.6 Å². The van der Waals surface area contributed by atoms with E-state index in [2.05, 4.69) is 0 Å². The predicted octanol–water partition coefficient (Wildman–Crippen LogP) is 2.55. The number of pyridine rings is 2. The van der Waals surface area contributed by atoms with E-state index in [1.165, 1.54) is 4.57 Å². The van der Waals surface area contributed by atoms with Crippen molar-refractivity contribution in [3.05, 3.63) is 63.4 Å². The van der Waals surface area contributed by atoms with E-state index in [-0.39, 0.29) is 30.7 Å². The molecule has 3 aromatic rings. The Morgan fingerprint density at radius 1 is 1.25 bits per heavy atom. The molecule has 2 aliphatic heterocycles. The monoisotopic (exact) mass is 505 g/mol. The van der Waals surface area contributed by atoms with Gasteiger partial charge in [-0.25, -0.2) is 14.3 Å². The van der Waals surface area contributed by atoms with Gasteiger partial charge in [-0.2, -0.15) is 15.2 Å². The fraction of sp³-hybridized carbons (Fsp3) is 0.292. The van der Waals surface area contributed by atoms with Crippen molar-refractivity contribution in [2.45, 2.75) is 32.1 Å². The zero-order valence-corrected chi connectivity index (χ0v) is 20.1. The van der Waals surface area contributed by atoms with Crippen LogP contribution in [0, 0.1) is 22.7 Å². The molecule has 2 aliphatic rings. The van der Waals surface area contributed by atoms with Crippen molar-refractivity contribution in [3.8, 4) is 23.5 Å². The Balaban J connectivity index is 1.69. The maximum absolute atomic E-state index is 13.5. The van der Waals surface area contributed by atoms with Gasteiger partial charge in [0.15, 0.2) is 0 Å². The molecule has 0 bridgehead atoms. The van der Waals surface area contributed by atoms with Gasteiger partial charge in [0, 0.05) is 16.5 Å². The Morgan fingerprint density at radius 3 is 2.67 bits per heavy atom. The lowest BCUT2D eigenvalue weighted by Crippen LogP contribution is -2.46. The smallest absolute Gasteiger partial charge is 0.408 e. The number of aromatic nitrogens is 2. The summed E-state index contributed by atoms with van der Waals surface area (Å²) in [5.74, 6) is -0.935. The van der Waals surface area contributed by atoms with Gasteiger partial charge in [-0.3, -0.25) is 9.32 Å². The van der Waals surface area contributed by atoms with Gasteiger partial charge in [0.25, 0.3) is 5.56 Å². The number of esters is 1. The Morgan fingerprint density at radius 2 is 1.97 bits per heavy atom. The molecule has 182 valence electrons. The molecule has 1 N–H and O–H groups in total. The number of benzene rings is 1. The highest BCUT2D eigenvalue weighted by Gasteiger charge is 2.53. The SMILES string of the molecule is CC[C@@]1(OP(=O)(O)N(CC#N)CC#N)C(=O)OCc2c1cc1n(c2=O)Cc2cc3ccccc3nc2-1. The molecule has 0 radical (unpaired) electrons. The fourth-order valence-corrected chi connectivity index (χ4v) is 6.03. The molecule has 0 fully saturated rings. The third-order valence-corrected chi connectivity index (χ3v) is 8.07. The minimum atomic E-state index is -4.85. The maximum Gasteiger partial charge on any atom is 0.408 e. The number of nitrogens with zero attached hydrogens (tertiary/aromatic N) is 5. The molecule has 0 spiro atoms. The summed E-state index contributed by atoms with van der Waals surface area (Å²) in [4.78, 5) is 42.1. The molecule has 0 saturated heterocycles. The number of cyclic esters (lactones) is 1. The Labute approximate surface area is 205 Å². The fourth-order valence-electron chi connectivity index (χ4n) is 4.72. The number of ether oxygens (including phenoxy) is 1. The second kappa shape index (κ2) is 8.66. The van der Waals surface area contributed by atoms with Gasteiger partial charge in [0.05, 0.1) is 54.2 Å². The number of para-hydroxylation sites is 1. The minimum absolute atomic E-state index is 0.114. The third kappa shape index (κ3) is 3.53. The van der Waals surface area contributed by atoms with Gasteiger partial charge >= 0.3 is 13.7 Å². The van der Waals surface area contributed by atoms with Crippen LogP contribution in [0.5, 0.6) is 0 Å². The molecule has 4 heterocycles. The number of fused-ring (bicyclic) bond motifs is 5. The highest BCUT2D eigenvalue weighted by molar-refractivity contribution is 7.50. The summed E-state index contributed by atoms with van der Waals surface area (Å²) in [5, 5.41) is 19.0. The number of carbonyl (C=O) groups excluding carboxylic acids is 1. The standard InChI is InChI=1S/C24H20N5O6P/c1-2-24(35-36(32,33)28(9-7-25)10-8-26)18-12-20-21-16(11-15-5-3-4-6-19(15)27-21)13-29(20)22(30)17(18)14-34-23(24)31/h3-6,11-12H,2,9-10,13-14H2,1H3,(H,32,33)/t24-/m0/s1. The average molecular weight is 505 g/mol. The summed E-state index contributed by atoms with van der Waals surface area (Å²) >= 11 is 0. The van der Waals surface area contributed by atoms with Crippen LogP contribution in [0.25, 0.3) is 22.3 Å². The molecule has 12 heteroatoms. The van der Waals surface area contributed by atoms with Crippen LogP contribution in [0.3, 0.4) is 0 Å². The first kappa shape index (κ1) is 23.9. The lowest BCUT2D eigenvalue weighted by molar-refractivity contribution is -0.170. The summed E-state index contributed by atoms with van der Waals surface area (Å²) in [7, 11) is -4.85. The van der Waals surface area contributed by atoms with Gasteiger partial charge in [0.2, 0.25) is 5.60 Å². The van der Waals surface area contributed by atoms with E-state index in [1.807, 2.05) is 30.3 Å². The Kier molecular flexibility index (Phi) is 5.74. The van der Waals surface area contributed by atoms with Crippen molar-refractivity contribution in [2.75, 3.05) is 13.1 Å². The number of hydrogen-bond donors (Lipinski definition) is 1. The molecule has 5 rings (SSSR count). The van der Waals surface area contributed by atoms with E-state index in [4.69, 9.17) is 24.8 Å². The minimum Gasteiger partial charge on any atom is -0.458 e. The van der Waals surface area contributed by atoms with Gasteiger partial charge in [-0.1, -0.05) is 25.1 Å².